The lowest BCUT2D eigenvalue weighted by Gasteiger charge is -2.38. The molecule has 1 saturated heterocycles. The fourth-order valence-corrected chi connectivity index (χ4v) is 4.27. The number of carbonyl (C=O) groups is 1. The van der Waals surface area contributed by atoms with Crippen molar-refractivity contribution in [1.82, 2.24) is 20.4 Å². The van der Waals surface area contributed by atoms with Crippen LogP contribution in [0, 0.1) is 0 Å². The highest BCUT2D eigenvalue weighted by Gasteiger charge is 2.26. The number of amides is 1. The first-order valence-corrected chi connectivity index (χ1v) is 11.4. The zero-order chi connectivity index (χ0) is 21.3. The van der Waals surface area contributed by atoms with Crippen LogP contribution in [0.5, 0.6) is 0 Å². The predicted molar refractivity (Wildman–Crippen MR) is 125 cm³/mol. The van der Waals surface area contributed by atoms with Crippen molar-refractivity contribution >= 4 is 23.2 Å². The number of carbonyl (C=O) groups excluding carboxylic acids is 1. The van der Waals surface area contributed by atoms with Crippen molar-refractivity contribution in [3.05, 3.63) is 58.3 Å². The molecule has 2 N–H and O–H groups in total. The maximum Gasteiger partial charge on any atom is 0.243 e. The molecular weight excluding hydrogens is 394 g/mol. The second kappa shape index (κ2) is 11.1. The minimum absolute atomic E-state index is 0.00160. The number of hydrogen-bond acceptors (Lipinski definition) is 4. The van der Waals surface area contributed by atoms with Crippen LogP contribution in [0.15, 0.2) is 52.8 Å². The molecule has 2 heterocycles. The molecular formula is C23H33N5OS. The Hall–Kier alpha value is -2.38. The van der Waals surface area contributed by atoms with Gasteiger partial charge in [0.15, 0.2) is 5.96 Å². The lowest BCUT2D eigenvalue weighted by molar-refractivity contribution is -0.127. The maximum absolute atomic E-state index is 12.0. The number of guanidine groups is 1. The van der Waals surface area contributed by atoms with Crippen molar-refractivity contribution in [3.8, 4) is 0 Å². The van der Waals surface area contributed by atoms with Crippen LogP contribution < -0.4 is 10.6 Å². The van der Waals surface area contributed by atoms with Gasteiger partial charge in [-0.05, 0) is 36.8 Å². The van der Waals surface area contributed by atoms with E-state index in [1.165, 1.54) is 10.4 Å². The SMILES string of the molecule is CC1CC(NC(=NCC(=O)N(C)C)NCc2cccs2)CCN1Cc1ccccc1. The van der Waals surface area contributed by atoms with Crippen LogP contribution in [0.1, 0.15) is 30.2 Å². The van der Waals surface area contributed by atoms with Crippen LogP contribution in [0.3, 0.4) is 0 Å². The van der Waals surface area contributed by atoms with Crippen molar-refractivity contribution in [3.63, 3.8) is 0 Å². The van der Waals surface area contributed by atoms with Gasteiger partial charge in [-0.1, -0.05) is 36.4 Å². The molecule has 0 radical (unpaired) electrons. The van der Waals surface area contributed by atoms with Crippen LogP contribution in [-0.2, 0) is 17.9 Å². The van der Waals surface area contributed by atoms with Gasteiger partial charge in [0.25, 0.3) is 0 Å². The molecule has 1 aromatic heterocycles. The largest absolute Gasteiger partial charge is 0.354 e. The molecule has 1 aliphatic rings. The third-order valence-electron chi connectivity index (χ3n) is 5.46. The summed E-state index contributed by atoms with van der Waals surface area (Å²) in [5, 5.41) is 9.04. The quantitative estimate of drug-likeness (QED) is 0.527. The van der Waals surface area contributed by atoms with Crippen LogP contribution in [0.4, 0.5) is 0 Å². The Morgan fingerprint density at radius 1 is 1.23 bits per heavy atom. The molecule has 2 atom stereocenters. The molecule has 1 aromatic carbocycles. The summed E-state index contributed by atoms with van der Waals surface area (Å²) in [4.78, 5) is 21.9. The second-order valence-electron chi connectivity index (χ2n) is 8.06. The predicted octanol–water partition coefficient (Wildman–Crippen LogP) is 2.92. The molecule has 3 rings (SSSR count). The summed E-state index contributed by atoms with van der Waals surface area (Å²) >= 11 is 1.71. The number of aliphatic imine (C=N–C) groups is 1. The van der Waals surface area contributed by atoms with E-state index in [9.17, 15) is 4.79 Å². The highest BCUT2D eigenvalue weighted by atomic mass is 32.1. The first kappa shape index (κ1) is 22.3. The summed E-state index contributed by atoms with van der Waals surface area (Å²) in [6, 6.07) is 15.6. The molecule has 0 spiro atoms. The summed E-state index contributed by atoms with van der Waals surface area (Å²) in [6.07, 6.45) is 2.10. The molecule has 0 aliphatic carbocycles. The summed E-state index contributed by atoms with van der Waals surface area (Å²) < 4.78 is 0. The smallest absolute Gasteiger partial charge is 0.243 e. The lowest BCUT2D eigenvalue weighted by Crippen LogP contribution is -2.51. The molecule has 2 unspecified atom stereocenters. The number of rotatable bonds is 7. The Morgan fingerprint density at radius 3 is 2.70 bits per heavy atom. The van der Waals surface area contributed by atoms with Crippen LogP contribution in [0.2, 0.25) is 0 Å². The number of benzene rings is 1. The van der Waals surface area contributed by atoms with Crippen molar-refractivity contribution in [2.75, 3.05) is 27.2 Å². The molecule has 162 valence electrons. The molecule has 0 saturated carbocycles. The standard InChI is InChI=1S/C23H33N5OS/c1-18-14-20(11-12-28(18)17-19-8-5-4-6-9-19)26-23(25-16-22(29)27(2)3)24-15-21-10-7-13-30-21/h4-10,13,18,20H,11-12,14-17H2,1-3H3,(H2,24,25,26). The van der Waals surface area contributed by atoms with Crippen LogP contribution in [-0.4, -0.2) is 60.9 Å². The Bertz CT molecular complexity index is 806. The highest BCUT2D eigenvalue weighted by Crippen LogP contribution is 2.20. The zero-order valence-corrected chi connectivity index (χ0v) is 19.0. The normalized spacial score (nSPS) is 20.0. The van der Waals surface area contributed by atoms with Crippen LogP contribution in [0.25, 0.3) is 0 Å². The molecule has 1 amide bonds. The van der Waals surface area contributed by atoms with Gasteiger partial charge in [-0.25, -0.2) is 4.99 Å². The number of likely N-dealkylation sites (tertiary alicyclic amines) is 1. The number of nitrogens with zero attached hydrogens (tertiary/aromatic N) is 3. The molecule has 7 heteroatoms. The second-order valence-corrected chi connectivity index (χ2v) is 9.09. The molecule has 1 fully saturated rings. The summed E-state index contributed by atoms with van der Waals surface area (Å²) in [5.41, 5.74) is 1.36. The minimum Gasteiger partial charge on any atom is -0.354 e. The van der Waals surface area contributed by atoms with Gasteiger partial charge in [-0.15, -0.1) is 11.3 Å². The van der Waals surface area contributed by atoms with Crippen molar-refractivity contribution in [2.45, 2.75) is 44.9 Å². The van der Waals surface area contributed by atoms with Crippen LogP contribution >= 0.6 is 11.3 Å². The van der Waals surface area contributed by atoms with Gasteiger partial charge in [0.1, 0.15) is 6.54 Å². The van der Waals surface area contributed by atoms with E-state index >= 15 is 0 Å². The van der Waals surface area contributed by atoms with Gasteiger partial charge in [0.2, 0.25) is 5.91 Å². The van der Waals surface area contributed by atoms with E-state index in [1.807, 2.05) is 6.07 Å². The van der Waals surface area contributed by atoms with E-state index < -0.39 is 0 Å². The summed E-state index contributed by atoms with van der Waals surface area (Å²) in [5.74, 6) is 0.714. The van der Waals surface area contributed by atoms with Gasteiger partial charge >= 0.3 is 0 Å². The van der Waals surface area contributed by atoms with Gasteiger partial charge in [0, 0.05) is 44.1 Å². The van der Waals surface area contributed by atoms with Gasteiger partial charge in [-0.3, -0.25) is 9.69 Å². The first-order valence-electron chi connectivity index (χ1n) is 10.6. The lowest BCUT2D eigenvalue weighted by atomic mass is 9.97. The molecule has 2 aromatic rings. The molecule has 6 nitrogen and oxygen atoms in total. The van der Waals surface area contributed by atoms with Crippen molar-refractivity contribution in [2.24, 2.45) is 4.99 Å². The minimum atomic E-state index is -0.00160. The Morgan fingerprint density at radius 2 is 2.03 bits per heavy atom. The summed E-state index contributed by atoms with van der Waals surface area (Å²) in [7, 11) is 3.52. The Labute approximate surface area is 184 Å². The third kappa shape index (κ3) is 6.85. The average molecular weight is 428 g/mol. The first-order chi connectivity index (χ1) is 14.5. The number of piperidine rings is 1. The molecule has 1 aliphatic heterocycles. The van der Waals surface area contributed by atoms with E-state index in [0.717, 1.165) is 25.9 Å². The van der Waals surface area contributed by atoms with Crippen molar-refractivity contribution < 1.29 is 4.79 Å². The number of thiophene rings is 1. The molecule has 30 heavy (non-hydrogen) atoms. The fourth-order valence-electron chi connectivity index (χ4n) is 3.62. The van der Waals surface area contributed by atoms with E-state index in [4.69, 9.17) is 0 Å². The maximum atomic E-state index is 12.0. The summed E-state index contributed by atoms with van der Waals surface area (Å²) in [6.45, 7) is 5.19. The fraction of sp³-hybridized carbons (Fsp3) is 0.478. The van der Waals surface area contributed by atoms with Gasteiger partial charge < -0.3 is 15.5 Å². The Kier molecular flexibility index (Phi) is 8.28. The number of likely N-dealkylation sites (N-methyl/N-ethyl adjacent to an activating group) is 1. The molecule has 0 bridgehead atoms. The number of nitrogens with one attached hydrogen (secondary N) is 2. The topological polar surface area (TPSA) is 60.0 Å². The Balaban J connectivity index is 1.56. The zero-order valence-electron chi connectivity index (χ0n) is 18.2. The van der Waals surface area contributed by atoms with Gasteiger partial charge in [0.05, 0.1) is 6.54 Å². The number of hydrogen-bond donors (Lipinski definition) is 2. The van der Waals surface area contributed by atoms with E-state index in [1.54, 1.807) is 30.3 Å². The van der Waals surface area contributed by atoms with E-state index in [2.05, 4.69) is 69.2 Å². The van der Waals surface area contributed by atoms with Gasteiger partial charge in [-0.2, -0.15) is 0 Å². The van der Waals surface area contributed by atoms with Crippen molar-refractivity contribution in [1.29, 1.82) is 0 Å². The third-order valence-corrected chi connectivity index (χ3v) is 6.34. The van der Waals surface area contributed by atoms with E-state index in [-0.39, 0.29) is 12.5 Å². The average Bonchev–Trinajstić information content (AvgIpc) is 3.26. The highest BCUT2D eigenvalue weighted by molar-refractivity contribution is 7.09. The monoisotopic (exact) mass is 427 g/mol. The van der Waals surface area contributed by atoms with E-state index in [0.29, 0.717) is 24.6 Å².